The van der Waals surface area contributed by atoms with Gasteiger partial charge in [-0.05, 0) is 0 Å². The van der Waals surface area contributed by atoms with E-state index >= 15 is 0 Å². The molecule has 0 rings (SSSR count). The van der Waals surface area contributed by atoms with E-state index in [2.05, 4.69) is 9.47 Å². The van der Waals surface area contributed by atoms with Gasteiger partial charge in [0, 0.05) is 19.0 Å². The fourth-order valence-corrected chi connectivity index (χ4v) is 0.731. The smallest absolute Gasteiger partial charge is 0.508 e. The number of rotatable bonds is 9. The number of hydrogen-bond donors (Lipinski definition) is 0. The normalized spacial score (nSPS) is 11.9. The molecule has 0 aliphatic rings. The Hall–Kier alpha value is -1.34. The second-order valence-corrected chi connectivity index (χ2v) is 3.23. The van der Waals surface area contributed by atoms with Crippen LogP contribution in [0.3, 0.4) is 0 Å². The van der Waals surface area contributed by atoms with Crippen LogP contribution in [0.2, 0.25) is 0 Å². The molecule has 0 unspecified atom stereocenters. The predicted molar refractivity (Wildman–Crippen MR) is 54.2 cm³/mol. The number of aliphatic carboxylic acids is 1. The van der Waals surface area contributed by atoms with E-state index in [4.69, 9.17) is 9.47 Å². The van der Waals surface area contributed by atoms with Crippen LogP contribution in [0.15, 0.2) is 0 Å². The Morgan fingerprint density at radius 2 is 1.76 bits per heavy atom. The summed E-state index contributed by atoms with van der Waals surface area (Å²) in [6.07, 6.45) is -0.923. The molecule has 1 atom stereocenters. The zero-order chi connectivity index (χ0) is 13.1. The van der Waals surface area contributed by atoms with Crippen molar-refractivity contribution < 1.29 is 33.6 Å². The van der Waals surface area contributed by atoms with Crippen molar-refractivity contribution in [2.75, 3.05) is 40.1 Å². The van der Waals surface area contributed by atoms with E-state index in [-0.39, 0.29) is 19.8 Å². The first-order valence-electron chi connectivity index (χ1n) is 5.15. The molecule has 0 aromatic rings. The number of carboxylic acid groups (broad SMARTS) is 1. The quantitative estimate of drug-likeness (QED) is 0.389. The van der Waals surface area contributed by atoms with E-state index in [0.29, 0.717) is 13.2 Å². The third-order valence-electron chi connectivity index (χ3n) is 1.73. The number of carbonyl (C=O) groups is 2. The van der Waals surface area contributed by atoms with E-state index < -0.39 is 18.0 Å². The van der Waals surface area contributed by atoms with Gasteiger partial charge in [0.05, 0.1) is 19.8 Å². The number of carbonyl (C=O) groups excluding carboxylic acids is 2. The van der Waals surface area contributed by atoms with Gasteiger partial charge >= 0.3 is 6.16 Å². The molecule has 0 bridgehead atoms. The van der Waals surface area contributed by atoms with Crippen LogP contribution in [-0.2, 0) is 23.7 Å². The molecule has 7 heteroatoms. The van der Waals surface area contributed by atoms with Crippen molar-refractivity contribution >= 4 is 12.1 Å². The lowest BCUT2D eigenvalue weighted by atomic mass is 10.2. The minimum atomic E-state index is -1.28. The van der Waals surface area contributed by atoms with Gasteiger partial charge in [0.2, 0.25) is 0 Å². The van der Waals surface area contributed by atoms with Crippen molar-refractivity contribution in [1.82, 2.24) is 0 Å². The van der Waals surface area contributed by atoms with Gasteiger partial charge in [-0.2, -0.15) is 0 Å². The summed E-state index contributed by atoms with van der Waals surface area (Å²) in [5, 5.41) is 10.3. The molecule has 0 N–H and O–H groups in total. The van der Waals surface area contributed by atoms with Crippen LogP contribution in [0.4, 0.5) is 4.79 Å². The molecule has 17 heavy (non-hydrogen) atoms. The van der Waals surface area contributed by atoms with Gasteiger partial charge in [-0.15, -0.1) is 0 Å². The second kappa shape index (κ2) is 9.86. The van der Waals surface area contributed by atoms with E-state index in [1.54, 1.807) is 7.11 Å². The first-order chi connectivity index (χ1) is 8.07. The van der Waals surface area contributed by atoms with Gasteiger partial charge in [0.15, 0.2) is 0 Å². The average molecular weight is 249 g/mol. The van der Waals surface area contributed by atoms with Crippen molar-refractivity contribution in [1.29, 1.82) is 0 Å². The van der Waals surface area contributed by atoms with E-state index in [9.17, 15) is 14.7 Å². The fourth-order valence-electron chi connectivity index (χ4n) is 0.731. The third-order valence-corrected chi connectivity index (χ3v) is 1.73. The Labute approximate surface area is 99.6 Å². The summed E-state index contributed by atoms with van der Waals surface area (Å²) in [5.74, 6) is -2.14. The molecule has 0 radical (unpaired) electrons. The number of hydrogen-bond acceptors (Lipinski definition) is 7. The highest BCUT2D eigenvalue weighted by Crippen LogP contribution is 1.95. The lowest BCUT2D eigenvalue weighted by molar-refractivity contribution is -0.311. The Morgan fingerprint density at radius 1 is 1.12 bits per heavy atom. The molecule has 0 spiro atoms. The maximum absolute atomic E-state index is 10.9. The minimum Gasteiger partial charge on any atom is -0.550 e. The molecule has 0 saturated heterocycles. The molecule has 0 aliphatic heterocycles. The number of ether oxygens (including phenoxy) is 4. The Bertz CT molecular complexity index is 229. The molecular weight excluding hydrogens is 232 g/mol. The van der Waals surface area contributed by atoms with Crippen LogP contribution in [0.1, 0.15) is 6.92 Å². The van der Waals surface area contributed by atoms with Crippen LogP contribution in [0.5, 0.6) is 0 Å². The molecule has 7 nitrogen and oxygen atoms in total. The molecular formula is C10H17O7-. The number of methoxy groups -OCH3 is 1. The number of carboxylic acids is 1. The molecule has 0 aromatic heterocycles. The van der Waals surface area contributed by atoms with Gasteiger partial charge in [0.1, 0.15) is 13.2 Å². The first-order valence-corrected chi connectivity index (χ1v) is 5.15. The standard InChI is InChI=1S/C10H18O7/c1-8(9(11)12)7-17-10(13)16-6-5-15-4-3-14-2/h8H,3-7H2,1-2H3,(H,11,12)/p-1/t8-/m0/s1. The zero-order valence-corrected chi connectivity index (χ0v) is 9.97. The van der Waals surface area contributed by atoms with Crippen LogP contribution in [0.25, 0.3) is 0 Å². The highest BCUT2D eigenvalue weighted by atomic mass is 16.7. The summed E-state index contributed by atoms with van der Waals surface area (Å²) >= 11 is 0. The molecule has 0 aliphatic carbocycles. The van der Waals surface area contributed by atoms with Gasteiger partial charge in [-0.1, -0.05) is 6.92 Å². The summed E-state index contributed by atoms with van der Waals surface area (Å²) in [6.45, 7) is 2.25. The average Bonchev–Trinajstić information content (AvgIpc) is 2.30. The SMILES string of the molecule is COCCOCCOC(=O)OC[C@H](C)C(=O)[O-]. The van der Waals surface area contributed by atoms with E-state index in [1.165, 1.54) is 6.92 Å². The van der Waals surface area contributed by atoms with Crippen molar-refractivity contribution in [3.05, 3.63) is 0 Å². The summed E-state index contributed by atoms with van der Waals surface area (Å²) in [5.41, 5.74) is 0. The topological polar surface area (TPSA) is 94.1 Å². The second-order valence-electron chi connectivity index (χ2n) is 3.23. The van der Waals surface area contributed by atoms with Crippen LogP contribution in [-0.4, -0.2) is 52.3 Å². The Morgan fingerprint density at radius 3 is 2.35 bits per heavy atom. The maximum atomic E-state index is 10.9. The maximum Gasteiger partial charge on any atom is 0.508 e. The van der Waals surface area contributed by atoms with E-state index in [0.717, 1.165) is 0 Å². The summed E-state index contributed by atoms with van der Waals surface area (Å²) in [4.78, 5) is 21.2. The van der Waals surface area contributed by atoms with Crippen molar-refractivity contribution in [2.24, 2.45) is 5.92 Å². The predicted octanol–water partition coefficient (Wildman–Crippen LogP) is -0.811. The molecule has 0 saturated carbocycles. The summed E-state index contributed by atoms with van der Waals surface area (Å²) < 4.78 is 18.9. The molecule has 0 aromatic carbocycles. The lowest BCUT2D eigenvalue weighted by Gasteiger charge is -2.12. The van der Waals surface area contributed by atoms with Crippen LogP contribution < -0.4 is 5.11 Å². The summed E-state index contributed by atoms with van der Waals surface area (Å²) in [6, 6.07) is 0. The molecule has 100 valence electrons. The van der Waals surface area contributed by atoms with Crippen molar-refractivity contribution in [2.45, 2.75) is 6.92 Å². The third kappa shape index (κ3) is 9.58. The molecule has 0 amide bonds. The van der Waals surface area contributed by atoms with E-state index in [1.807, 2.05) is 0 Å². The molecule has 0 heterocycles. The lowest BCUT2D eigenvalue weighted by Crippen LogP contribution is -2.33. The monoisotopic (exact) mass is 249 g/mol. The first kappa shape index (κ1) is 15.7. The van der Waals surface area contributed by atoms with Gasteiger partial charge in [0.25, 0.3) is 0 Å². The van der Waals surface area contributed by atoms with Crippen molar-refractivity contribution in [3.63, 3.8) is 0 Å². The van der Waals surface area contributed by atoms with Crippen LogP contribution >= 0.6 is 0 Å². The zero-order valence-electron chi connectivity index (χ0n) is 9.97. The van der Waals surface area contributed by atoms with Crippen LogP contribution in [0, 0.1) is 5.92 Å². The Balaban J connectivity index is 3.38. The largest absolute Gasteiger partial charge is 0.550 e. The van der Waals surface area contributed by atoms with Crippen molar-refractivity contribution in [3.8, 4) is 0 Å². The fraction of sp³-hybridized carbons (Fsp3) is 0.800. The minimum absolute atomic E-state index is 0.0439. The van der Waals surface area contributed by atoms with Gasteiger partial charge in [-0.25, -0.2) is 4.79 Å². The highest BCUT2D eigenvalue weighted by molar-refractivity contribution is 5.68. The van der Waals surface area contributed by atoms with Gasteiger partial charge < -0.3 is 28.8 Å². The Kier molecular flexibility index (Phi) is 9.08. The summed E-state index contributed by atoms with van der Waals surface area (Å²) in [7, 11) is 1.55. The molecule has 0 fully saturated rings. The van der Waals surface area contributed by atoms with Gasteiger partial charge in [-0.3, -0.25) is 0 Å². The highest BCUT2D eigenvalue weighted by Gasteiger charge is 2.08.